The summed E-state index contributed by atoms with van der Waals surface area (Å²) in [5, 5.41) is 1.90. The molecule has 3 heteroatoms. The standard InChI is InChI=1S/C12H12ClNS/c13-11-5-2-1-4-10(11)6-7-12-14-8-3-9-15-12/h1-2,4-7H,3,8-9H2/b7-6+. The summed E-state index contributed by atoms with van der Waals surface area (Å²) in [5.74, 6) is 1.17. The van der Waals surface area contributed by atoms with E-state index in [9.17, 15) is 0 Å². The number of rotatable bonds is 2. The summed E-state index contributed by atoms with van der Waals surface area (Å²) in [6.45, 7) is 0.954. The Morgan fingerprint density at radius 1 is 1.27 bits per heavy atom. The average molecular weight is 238 g/mol. The van der Waals surface area contributed by atoms with Gasteiger partial charge in [0.1, 0.15) is 0 Å². The van der Waals surface area contributed by atoms with Crippen molar-refractivity contribution >= 4 is 34.5 Å². The first-order chi connectivity index (χ1) is 7.36. The van der Waals surface area contributed by atoms with Crippen LogP contribution in [0.5, 0.6) is 0 Å². The fourth-order valence-corrected chi connectivity index (χ4v) is 2.38. The van der Waals surface area contributed by atoms with E-state index in [4.69, 9.17) is 11.6 Å². The van der Waals surface area contributed by atoms with Crippen LogP contribution >= 0.6 is 23.4 Å². The number of hydrogen-bond donors (Lipinski definition) is 0. The molecule has 1 nitrogen and oxygen atoms in total. The predicted octanol–water partition coefficient (Wildman–Crippen LogP) is 3.89. The van der Waals surface area contributed by atoms with E-state index in [1.807, 2.05) is 48.2 Å². The fourth-order valence-electron chi connectivity index (χ4n) is 1.35. The quantitative estimate of drug-likeness (QED) is 0.760. The molecule has 0 fully saturated rings. The lowest BCUT2D eigenvalue weighted by Crippen LogP contribution is -2.00. The highest BCUT2D eigenvalue weighted by molar-refractivity contribution is 8.14. The molecule has 0 unspecified atom stereocenters. The van der Waals surface area contributed by atoms with Crippen molar-refractivity contribution in [2.45, 2.75) is 6.42 Å². The molecule has 0 radical (unpaired) electrons. The minimum absolute atomic E-state index is 0.787. The van der Waals surface area contributed by atoms with Crippen molar-refractivity contribution in [2.24, 2.45) is 4.99 Å². The first-order valence-electron chi connectivity index (χ1n) is 4.96. The van der Waals surface area contributed by atoms with E-state index in [1.165, 1.54) is 12.2 Å². The zero-order valence-corrected chi connectivity index (χ0v) is 9.89. The molecule has 0 aromatic heterocycles. The summed E-state index contributed by atoms with van der Waals surface area (Å²) in [6.07, 6.45) is 5.26. The van der Waals surface area contributed by atoms with Crippen LogP contribution in [0.4, 0.5) is 0 Å². The van der Waals surface area contributed by atoms with Gasteiger partial charge in [0, 0.05) is 17.3 Å². The molecule has 0 amide bonds. The second kappa shape index (κ2) is 5.38. The number of halogens is 1. The molecule has 0 bridgehead atoms. The lowest BCUT2D eigenvalue weighted by atomic mass is 10.2. The van der Waals surface area contributed by atoms with E-state index in [2.05, 4.69) is 4.99 Å². The summed E-state index contributed by atoms with van der Waals surface area (Å²) in [7, 11) is 0. The van der Waals surface area contributed by atoms with E-state index in [1.54, 1.807) is 0 Å². The molecule has 0 spiro atoms. The van der Waals surface area contributed by atoms with E-state index in [0.717, 1.165) is 22.2 Å². The number of benzene rings is 1. The first kappa shape index (κ1) is 10.8. The van der Waals surface area contributed by atoms with Gasteiger partial charge in [0.05, 0.1) is 5.04 Å². The van der Waals surface area contributed by atoms with Crippen LogP contribution in [0.2, 0.25) is 5.02 Å². The van der Waals surface area contributed by atoms with Crippen molar-refractivity contribution in [3.63, 3.8) is 0 Å². The van der Waals surface area contributed by atoms with Gasteiger partial charge < -0.3 is 0 Å². The monoisotopic (exact) mass is 237 g/mol. The van der Waals surface area contributed by atoms with Gasteiger partial charge in [-0.05, 0) is 24.1 Å². The third kappa shape index (κ3) is 3.11. The molecular formula is C12H12ClNS. The smallest absolute Gasteiger partial charge is 0.0904 e. The SMILES string of the molecule is Clc1ccccc1/C=C/C1=NCCCS1. The zero-order valence-electron chi connectivity index (χ0n) is 8.32. The first-order valence-corrected chi connectivity index (χ1v) is 6.32. The van der Waals surface area contributed by atoms with Crippen molar-refractivity contribution in [1.82, 2.24) is 0 Å². The number of nitrogens with zero attached hydrogens (tertiary/aromatic N) is 1. The third-order valence-electron chi connectivity index (χ3n) is 2.13. The molecule has 1 heterocycles. The highest BCUT2D eigenvalue weighted by atomic mass is 35.5. The van der Waals surface area contributed by atoms with E-state index >= 15 is 0 Å². The molecule has 0 saturated heterocycles. The normalized spacial score (nSPS) is 16.7. The maximum absolute atomic E-state index is 6.04. The van der Waals surface area contributed by atoms with Gasteiger partial charge in [-0.1, -0.05) is 35.9 Å². The minimum Gasteiger partial charge on any atom is -0.278 e. The van der Waals surface area contributed by atoms with Gasteiger partial charge in [0.25, 0.3) is 0 Å². The maximum Gasteiger partial charge on any atom is 0.0904 e. The number of thioether (sulfide) groups is 1. The van der Waals surface area contributed by atoms with Gasteiger partial charge >= 0.3 is 0 Å². The Morgan fingerprint density at radius 2 is 2.13 bits per heavy atom. The Morgan fingerprint density at radius 3 is 2.87 bits per heavy atom. The molecule has 78 valence electrons. The van der Waals surface area contributed by atoms with Crippen LogP contribution in [0.15, 0.2) is 35.3 Å². The molecule has 0 aliphatic carbocycles. The van der Waals surface area contributed by atoms with Crippen LogP contribution < -0.4 is 0 Å². The van der Waals surface area contributed by atoms with Gasteiger partial charge in [-0.25, -0.2) is 0 Å². The summed E-state index contributed by atoms with van der Waals surface area (Å²) < 4.78 is 0. The molecule has 0 atom stereocenters. The Labute approximate surface area is 99.2 Å². The van der Waals surface area contributed by atoms with E-state index in [0.29, 0.717) is 0 Å². The highest BCUT2D eigenvalue weighted by Gasteiger charge is 2.02. The van der Waals surface area contributed by atoms with Crippen molar-refractivity contribution < 1.29 is 0 Å². The third-order valence-corrected chi connectivity index (χ3v) is 3.53. The summed E-state index contributed by atoms with van der Waals surface area (Å²) in [6, 6.07) is 7.83. The molecule has 0 N–H and O–H groups in total. The van der Waals surface area contributed by atoms with Crippen molar-refractivity contribution in [3.8, 4) is 0 Å². The molecule has 1 aromatic rings. The summed E-state index contributed by atoms with van der Waals surface area (Å²) >= 11 is 7.85. The number of hydrogen-bond acceptors (Lipinski definition) is 2. The predicted molar refractivity (Wildman–Crippen MR) is 69.9 cm³/mol. The lowest BCUT2D eigenvalue weighted by molar-refractivity contribution is 0.940. The summed E-state index contributed by atoms with van der Waals surface area (Å²) in [5.41, 5.74) is 1.05. The van der Waals surface area contributed by atoms with Crippen LogP contribution in [0.1, 0.15) is 12.0 Å². The van der Waals surface area contributed by atoms with Gasteiger partial charge in [-0.3, -0.25) is 4.99 Å². The average Bonchev–Trinajstić information content (AvgIpc) is 2.29. The Bertz CT molecular complexity index is 398. The van der Waals surface area contributed by atoms with Crippen LogP contribution in [-0.4, -0.2) is 17.3 Å². The van der Waals surface area contributed by atoms with Crippen molar-refractivity contribution in [2.75, 3.05) is 12.3 Å². The van der Waals surface area contributed by atoms with Crippen LogP contribution in [0.25, 0.3) is 6.08 Å². The van der Waals surface area contributed by atoms with E-state index in [-0.39, 0.29) is 0 Å². The molecule has 0 saturated carbocycles. The fraction of sp³-hybridized carbons (Fsp3) is 0.250. The molecule has 1 aliphatic rings. The van der Waals surface area contributed by atoms with Gasteiger partial charge in [0.15, 0.2) is 0 Å². The van der Waals surface area contributed by atoms with Crippen molar-refractivity contribution in [3.05, 3.63) is 40.9 Å². The van der Waals surface area contributed by atoms with Gasteiger partial charge in [-0.2, -0.15) is 0 Å². The topological polar surface area (TPSA) is 12.4 Å². The largest absolute Gasteiger partial charge is 0.278 e. The molecule has 1 aliphatic heterocycles. The molecular weight excluding hydrogens is 226 g/mol. The Balaban J connectivity index is 2.11. The second-order valence-corrected chi connectivity index (χ2v) is 4.80. The lowest BCUT2D eigenvalue weighted by Gasteiger charge is -2.06. The van der Waals surface area contributed by atoms with Gasteiger partial charge in [-0.15, -0.1) is 11.8 Å². The maximum atomic E-state index is 6.04. The van der Waals surface area contributed by atoms with Crippen molar-refractivity contribution in [1.29, 1.82) is 0 Å². The Kier molecular flexibility index (Phi) is 3.87. The zero-order chi connectivity index (χ0) is 10.5. The minimum atomic E-state index is 0.787. The molecule has 2 rings (SSSR count). The van der Waals surface area contributed by atoms with Crippen LogP contribution in [-0.2, 0) is 0 Å². The van der Waals surface area contributed by atoms with E-state index < -0.39 is 0 Å². The van der Waals surface area contributed by atoms with Crippen LogP contribution in [0, 0.1) is 0 Å². The van der Waals surface area contributed by atoms with Gasteiger partial charge in [0.2, 0.25) is 0 Å². The second-order valence-electron chi connectivity index (χ2n) is 3.28. The highest BCUT2D eigenvalue weighted by Crippen LogP contribution is 2.18. The Hall–Kier alpha value is -0.730. The molecule has 1 aromatic carbocycles. The summed E-state index contributed by atoms with van der Waals surface area (Å²) in [4.78, 5) is 4.42. The van der Waals surface area contributed by atoms with Crippen LogP contribution in [0.3, 0.4) is 0 Å². The molecule has 15 heavy (non-hydrogen) atoms. The number of aliphatic imine (C=N–C) groups is 1.